The van der Waals surface area contributed by atoms with Gasteiger partial charge in [0.25, 0.3) is 0 Å². The van der Waals surface area contributed by atoms with Crippen LogP contribution in [-0.2, 0) is 4.79 Å². The van der Waals surface area contributed by atoms with Gasteiger partial charge in [-0.05, 0) is 64.0 Å². The van der Waals surface area contributed by atoms with Crippen molar-refractivity contribution in [3.05, 3.63) is 11.6 Å². The molecule has 1 heterocycles. The highest BCUT2D eigenvalue weighted by Crippen LogP contribution is 2.37. The molecule has 0 unspecified atom stereocenters. The maximum atomic E-state index is 10.6. The minimum absolute atomic E-state index is 0.274. The summed E-state index contributed by atoms with van der Waals surface area (Å²) in [6.45, 7) is 4.75. The van der Waals surface area contributed by atoms with Crippen molar-refractivity contribution in [2.75, 3.05) is 13.1 Å². The van der Waals surface area contributed by atoms with Crippen molar-refractivity contribution in [2.45, 2.75) is 64.3 Å². The molecule has 2 aliphatic rings. The normalized spacial score (nSPS) is 30.3. The molecule has 0 radical (unpaired) electrons. The van der Waals surface area contributed by atoms with Crippen LogP contribution < -0.4 is 0 Å². The average Bonchev–Trinajstić information content (AvgIpc) is 2.39. The Balaban J connectivity index is 1.92. The Kier molecular flexibility index (Phi) is 5.44. The van der Waals surface area contributed by atoms with E-state index >= 15 is 0 Å². The van der Waals surface area contributed by atoms with E-state index in [2.05, 4.69) is 17.9 Å². The molecule has 0 aromatic heterocycles. The van der Waals surface area contributed by atoms with Crippen LogP contribution in [0.25, 0.3) is 0 Å². The number of hydrogen-bond donors (Lipinski definition) is 1. The molecular formula is C16H27NO2. The molecule has 0 aromatic carbocycles. The molecule has 3 heteroatoms. The molecule has 19 heavy (non-hydrogen) atoms. The van der Waals surface area contributed by atoms with Crippen LogP contribution in [0.3, 0.4) is 0 Å². The molecule has 0 spiro atoms. The Bertz CT molecular complexity index is 336. The highest BCUT2D eigenvalue weighted by Gasteiger charge is 2.33. The van der Waals surface area contributed by atoms with Gasteiger partial charge < -0.3 is 5.11 Å². The zero-order valence-corrected chi connectivity index (χ0v) is 12.1. The molecule has 1 saturated carbocycles. The second kappa shape index (κ2) is 7.09. The molecule has 2 atom stereocenters. The fourth-order valence-electron chi connectivity index (χ4n) is 3.74. The Hall–Kier alpha value is -0.830. The number of piperidine rings is 1. The van der Waals surface area contributed by atoms with Gasteiger partial charge in [-0.2, -0.15) is 0 Å². The maximum Gasteiger partial charge on any atom is 0.303 e. The summed E-state index contributed by atoms with van der Waals surface area (Å²) < 4.78 is 0. The molecule has 0 bridgehead atoms. The third-order valence-electron chi connectivity index (χ3n) is 4.64. The van der Waals surface area contributed by atoms with Crippen molar-refractivity contribution in [2.24, 2.45) is 5.92 Å². The second-order valence-corrected chi connectivity index (χ2v) is 6.04. The summed E-state index contributed by atoms with van der Waals surface area (Å²) in [5, 5.41) is 8.70. The summed E-state index contributed by atoms with van der Waals surface area (Å²) in [7, 11) is 0. The minimum Gasteiger partial charge on any atom is -0.481 e. The Morgan fingerprint density at radius 2 is 2.32 bits per heavy atom. The Morgan fingerprint density at radius 3 is 3.05 bits per heavy atom. The van der Waals surface area contributed by atoms with E-state index < -0.39 is 5.97 Å². The first-order valence-electron chi connectivity index (χ1n) is 7.84. The molecule has 2 fully saturated rings. The second-order valence-electron chi connectivity index (χ2n) is 6.04. The van der Waals surface area contributed by atoms with E-state index in [-0.39, 0.29) is 6.42 Å². The SMILES string of the molecule is CCCN1CCC[C@@H]2CCC(=CCCC(=O)O)C[C@H]21. The van der Waals surface area contributed by atoms with Gasteiger partial charge in [0, 0.05) is 12.5 Å². The number of carboxylic acids is 1. The van der Waals surface area contributed by atoms with Crippen molar-refractivity contribution in [1.82, 2.24) is 4.90 Å². The van der Waals surface area contributed by atoms with E-state index in [1.54, 1.807) is 0 Å². The Labute approximate surface area is 116 Å². The number of carboxylic acid groups (broad SMARTS) is 1. The van der Waals surface area contributed by atoms with Gasteiger partial charge in [-0.15, -0.1) is 0 Å². The van der Waals surface area contributed by atoms with Gasteiger partial charge in [-0.25, -0.2) is 0 Å². The minimum atomic E-state index is -0.684. The summed E-state index contributed by atoms with van der Waals surface area (Å²) in [5.41, 5.74) is 1.51. The first-order valence-corrected chi connectivity index (χ1v) is 7.84. The molecule has 108 valence electrons. The number of carbonyl (C=O) groups is 1. The molecule has 2 rings (SSSR count). The van der Waals surface area contributed by atoms with Gasteiger partial charge in [-0.1, -0.05) is 18.6 Å². The van der Waals surface area contributed by atoms with Gasteiger partial charge in [0.2, 0.25) is 0 Å². The molecule has 3 nitrogen and oxygen atoms in total. The molecule has 0 aromatic rings. The number of rotatable bonds is 5. The third-order valence-corrected chi connectivity index (χ3v) is 4.64. The van der Waals surface area contributed by atoms with Crippen LogP contribution in [0.1, 0.15) is 58.3 Å². The summed E-state index contributed by atoms with van der Waals surface area (Å²) in [4.78, 5) is 13.2. The van der Waals surface area contributed by atoms with Crippen molar-refractivity contribution in [3.63, 3.8) is 0 Å². The van der Waals surface area contributed by atoms with Crippen LogP contribution in [0, 0.1) is 5.92 Å². The lowest BCUT2D eigenvalue weighted by Gasteiger charge is -2.45. The van der Waals surface area contributed by atoms with Gasteiger partial charge in [0.1, 0.15) is 0 Å². The largest absolute Gasteiger partial charge is 0.481 e. The molecule has 1 aliphatic heterocycles. The van der Waals surface area contributed by atoms with Crippen molar-refractivity contribution >= 4 is 5.97 Å². The summed E-state index contributed by atoms with van der Waals surface area (Å²) in [6, 6.07) is 0.735. The van der Waals surface area contributed by atoms with Crippen molar-refractivity contribution in [3.8, 4) is 0 Å². The van der Waals surface area contributed by atoms with Crippen LogP contribution >= 0.6 is 0 Å². The van der Waals surface area contributed by atoms with Crippen LogP contribution in [0.5, 0.6) is 0 Å². The molecule has 1 saturated heterocycles. The lowest BCUT2D eigenvalue weighted by molar-refractivity contribution is -0.136. The quantitative estimate of drug-likeness (QED) is 0.774. The number of fused-ring (bicyclic) bond motifs is 1. The summed E-state index contributed by atoms with van der Waals surface area (Å²) in [6.07, 6.45) is 10.9. The zero-order valence-electron chi connectivity index (χ0n) is 12.1. The number of likely N-dealkylation sites (tertiary alicyclic amines) is 1. The first kappa shape index (κ1) is 14.6. The van der Waals surface area contributed by atoms with Gasteiger partial charge >= 0.3 is 5.97 Å². The highest BCUT2D eigenvalue weighted by atomic mass is 16.4. The topological polar surface area (TPSA) is 40.5 Å². The zero-order chi connectivity index (χ0) is 13.7. The van der Waals surface area contributed by atoms with E-state index in [1.165, 1.54) is 57.2 Å². The maximum absolute atomic E-state index is 10.6. The smallest absolute Gasteiger partial charge is 0.303 e. The van der Waals surface area contributed by atoms with E-state index in [0.29, 0.717) is 6.42 Å². The predicted octanol–water partition coefficient (Wildman–Crippen LogP) is 3.45. The van der Waals surface area contributed by atoms with Crippen LogP contribution in [0.2, 0.25) is 0 Å². The van der Waals surface area contributed by atoms with E-state index in [0.717, 1.165) is 12.0 Å². The monoisotopic (exact) mass is 265 g/mol. The number of allylic oxidation sites excluding steroid dienone is 1. The van der Waals surface area contributed by atoms with Crippen LogP contribution in [-0.4, -0.2) is 35.1 Å². The standard InChI is InChI=1S/C16H27NO2/c1-2-10-17-11-4-6-14-9-8-13(12-15(14)17)5-3-7-16(18)19/h5,14-15H,2-4,6-12H2,1H3,(H,18,19)/t14-,15-/m1/s1. The number of aliphatic carboxylic acids is 1. The molecule has 0 amide bonds. The summed E-state index contributed by atoms with van der Waals surface area (Å²) in [5.74, 6) is 0.202. The molecular weight excluding hydrogens is 238 g/mol. The van der Waals surface area contributed by atoms with E-state index in [4.69, 9.17) is 5.11 Å². The lowest BCUT2D eigenvalue weighted by Crippen LogP contribution is -2.47. The number of hydrogen-bond acceptors (Lipinski definition) is 2. The third kappa shape index (κ3) is 4.07. The fraction of sp³-hybridized carbons (Fsp3) is 0.812. The van der Waals surface area contributed by atoms with Gasteiger partial charge in [-0.3, -0.25) is 9.69 Å². The fourth-order valence-corrected chi connectivity index (χ4v) is 3.74. The molecule has 1 aliphatic carbocycles. The first-order chi connectivity index (χ1) is 9.20. The lowest BCUT2D eigenvalue weighted by atomic mass is 9.76. The van der Waals surface area contributed by atoms with Crippen molar-refractivity contribution in [1.29, 1.82) is 0 Å². The van der Waals surface area contributed by atoms with Gasteiger partial charge in [0.15, 0.2) is 0 Å². The van der Waals surface area contributed by atoms with Gasteiger partial charge in [0.05, 0.1) is 0 Å². The predicted molar refractivity (Wildman–Crippen MR) is 77.2 cm³/mol. The van der Waals surface area contributed by atoms with Crippen LogP contribution in [0.15, 0.2) is 11.6 Å². The van der Waals surface area contributed by atoms with Crippen molar-refractivity contribution < 1.29 is 9.90 Å². The number of nitrogens with zero attached hydrogens (tertiary/aromatic N) is 1. The van der Waals surface area contributed by atoms with E-state index in [1.807, 2.05) is 0 Å². The summed E-state index contributed by atoms with van der Waals surface area (Å²) >= 11 is 0. The average molecular weight is 265 g/mol. The Morgan fingerprint density at radius 1 is 1.47 bits per heavy atom. The highest BCUT2D eigenvalue weighted by molar-refractivity contribution is 5.66. The van der Waals surface area contributed by atoms with E-state index in [9.17, 15) is 4.79 Å². The van der Waals surface area contributed by atoms with Crippen LogP contribution in [0.4, 0.5) is 0 Å². The molecule has 1 N–H and O–H groups in total.